The highest BCUT2D eigenvalue weighted by atomic mass is 19.4. The van der Waals surface area contributed by atoms with Crippen LogP contribution in [-0.2, 0) is 0 Å². The number of alkyl halides is 3. The Bertz CT molecular complexity index is 451. The maximum Gasteiger partial charge on any atom is 0.391 e. The van der Waals surface area contributed by atoms with Crippen LogP contribution < -0.4 is 0 Å². The van der Waals surface area contributed by atoms with Crippen LogP contribution in [0, 0.1) is 23.5 Å². The maximum atomic E-state index is 13.1. The summed E-state index contributed by atoms with van der Waals surface area (Å²) in [6.07, 6.45) is -4.95. The molecule has 1 aromatic carbocycles. The van der Waals surface area contributed by atoms with Crippen molar-refractivity contribution in [2.24, 2.45) is 11.8 Å². The van der Waals surface area contributed by atoms with Crippen LogP contribution in [0.5, 0.6) is 0 Å². The number of hydrogen-bond acceptors (Lipinski definition) is 1. The molecule has 0 bridgehead atoms. The predicted molar refractivity (Wildman–Crippen MR) is 62.8 cm³/mol. The van der Waals surface area contributed by atoms with E-state index in [2.05, 4.69) is 0 Å². The van der Waals surface area contributed by atoms with Crippen molar-refractivity contribution in [3.63, 3.8) is 0 Å². The Labute approximate surface area is 113 Å². The Morgan fingerprint density at radius 3 is 2.20 bits per heavy atom. The lowest BCUT2D eigenvalue weighted by molar-refractivity contribution is -0.189. The fourth-order valence-corrected chi connectivity index (χ4v) is 2.83. The average molecular weight is 294 g/mol. The third-order valence-electron chi connectivity index (χ3n) is 3.85. The third-order valence-corrected chi connectivity index (χ3v) is 3.85. The summed E-state index contributed by atoms with van der Waals surface area (Å²) in [6.45, 7) is 0. The summed E-state index contributed by atoms with van der Waals surface area (Å²) in [5.74, 6) is -3.77. The Balaban J connectivity index is 2.14. The van der Waals surface area contributed by atoms with E-state index in [1.54, 1.807) is 0 Å². The van der Waals surface area contributed by atoms with E-state index in [1.165, 1.54) is 0 Å². The van der Waals surface area contributed by atoms with Crippen molar-refractivity contribution in [1.29, 1.82) is 0 Å². The number of hydrogen-bond donors (Lipinski definition) is 1. The second kappa shape index (κ2) is 5.68. The van der Waals surface area contributed by atoms with Crippen LogP contribution in [0.4, 0.5) is 22.0 Å². The van der Waals surface area contributed by atoms with Crippen LogP contribution in [-0.4, -0.2) is 11.3 Å². The minimum Gasteiger partial charge on any atom is -0.388 e. The van der Waals surface area contributed by atoms with Gasteiger partial charge in [0, 0.05) is 6.07 Å². The zero-order valence-electron chi connectivity index (χ0n) is 10.6. The molecule has 1 nitrogen and oxygen atoms in total. The number of rotatable bonds is 2. The van der Waals surface area contributed by atoms with E-state index in [-0.39, 0.29) is 18.4 Å². The average Bonchev–Trinajstić information content (AvgIpc) is 2.36. The van der Waals surface area contributed by atoms with Crippen LogP contribution in [0.1, 0.15) is 37.4 Å². The first-order valence-corrected chi connectivity index (χ1v) is 6.48. The van der Waals surface area contributed by atoms with Crippen molar-refractivity contribution in [2.45, 2.75) is 38.0 Å². The molecule has 0 aromatic heterocycles. The fraction of sp³-hybridized carbons (Fsp3) is 0.571. The standard InChI is InChI=1S/C14H15F5O/c15-11-5-9(6-12(16)7-11)13(20)8-2-1-3-10(4-8)14(17,18)19/h5-8,10,13,20H,1-4H2. The molecule has 1 N–H and O–H groups in total. The van der Waals surface area contributed by atoms with E-state index >= 15 is 0 Å². The summed E-state index contributed by atoms with van der Waals surface area (Å²) in [5.41, 5.74) is -0.00433. The molecule has 0 heterocycles. The summed E-state index contributed by atoms with van der Waals surface area (Å²) >= 11 is 0. The van der Waals surface area contributed by atoms with Crippen molar-refractivity contribution < 1.29 is 27.1 Å². The van der Waals surface area contributed by atoms with Crippen molar-refractivity contribution in [3.05, 3.63) is 35.4 Å². The van der Waals surface area contributed by atoms with Crippen molar-refractivity contribution in [3.8, 4) is 0 Å². The monoisotopic (exact) mass is 294 g/mol. The van der Waals surface area contributed by atoms with E-state index in [1.807, 2.05) is 0 Å². The molecule has 0 aliphatic heterocycles. The molecule has 1 fully saturated rings. The summed E-state index contributed by atoms with van der Waals surface area (Å²) in [5, 5.41) is 10.1. The summed E-state index contributed by atoms with van der Waals surface area (Å²) in [7, 11) is 0. The first-order chi connectivity index (χ1) is 9.27. The molecule has 3 unspecified atom stereocenters. The van der Waals surface area contributed by atoms with Gasteiger partial charge in [0.25, 0.3) is 0 Å². The van der Waals surface area contributed by atoms with Gasteiger partial charge >= 0.3 is 6.18 Å². The molecule has 1 aliphatic carbocycles. The first-order valence-electron chi connectivity index (χ1n) is 6.48. The second-order valence-corrected chi connectivity index (χ2v) is 5.31. The molecule has 1 aromatic rings. The van der Waals surface area contributed by atoms with Gasteiger partial charge in [0.15, 0.2) is 0 Å². The molecule has 20 heavy (non-hydrogen) atoms. The number of halogens is 5. The summed E-state index contributed by atoms with van der Waals surface area (Å²) in [4.78, 5) is 0. The van der Waals surface area contributed by atoms with Gasteiger partial charge in [0.1, 0.15) is 11.6 Å². The molecule has 0 spiro atoms. The Kier molecular flexibility index (Phi) is 4.32. The molecule has 0 radical (unpaired) electrons. The number of benzene rings is 1. The fourth-order valence-electron chi connectivity index (χ4n) is 2.83. The maximum absolute atomic E-state index is 13.1. The van der Waals surface area contributed by atoms with Gasteiger partial charge in [0.05, 0.1) is 12.0 Å². The summed E-state index contributed by atoms with van der Waals surface area (Å²) in [6, 6.07) is 2.59. The van der Waals surface area contributed by atoms with Gasteiger partial charge in [-0.2, -0.15) is 13.2 Å². The van der Waals surface area contributed by atoms with Gasteiger partial charge in [-0.25, -0.2) is 8.78 Å². The highest BCUT2D eigenvalue weighted by Crippen LogP contribution is 2.43. The molecule has 1 aliphatic rings. The van der Waals surface area contributed by atoms with Gasteiger partial charge in [-0.3, -0.25) is 0 Å². The van der Waals surface area contributed by atoms with Crippen LogP contribution in [0.15, 0.2) is 18.2 Å². The molecule has 6 heteroatoms. The lowest BCUT2D eigenvalue weighted by Gasteiger charge is -2.33. The lowest BCUT2D eigenvalue weighted by atomic mass is 9.77. The van der Waals surface area contributed by atoms with Crippen molar-refractivity contribution in [2.75, 3.05) is 0 Å². The van der Waals surface area contributed by atoms with Gasteiger partial charge in [-0.1, -0.05) is 6.42 Å². The normalized spacial score (nSPS) is 25.5. The smallest absolute Gasteiger partial charge is 0.388 e. The number of aliphatic hydroxyl groups is 1. The van der Waals surface area contributed by atoms with Crippen LogP contribution in [0.3, 0.4) is 0 Å². The predicted octanol–water partition coefficient (Wildman–Crippen LogP) is 4.37. The molecule has 3 atom stereocenters. The van der Waals surface area contributed by atoms with Crippen molar-refractivity contribution >= 4 is 0 Å². The third kappa shape index (κ3) is 3.48. The molecule has 0 saturated heterocycles. The van der Waals surface area contributed by atoms with E-state index in [0.29, 0.717) is 18.9 Å². The van der Waals surface area contributed by atoms with E-state index in [4.69, 9.17) is 0 Å². The largest absolute Gasteiger partial charge is 0.391 e. The Morgan fingerprint density at radius 1 is 1.05 bits per heavy atom. The second-order valence-electron chi connectivity index (χ2n) is 5.31. The van der Waals surface area contributed by atoms with E-state index < -0.39 is 35.8 Å². The minimum atomic E-state index is -4.29. The molecule has 1 saturated carbocycles. The Morgan fingerprint density at radius 2 is 1.65 bits per heavy atom. The van der Waals surface area contributed by atoms with Gasteiger partial charge in [-0.15, -0.1) is 0 Å². The molecule has 112 valence electrons. The quantitative estimate of drug-likeness (QED) is 0.803. The highest BCUT2D eigenvalue weighted by molar-refractivity contribution is 5.21. The molecular formula is C14H15F5O. The van der Waals surface area contributed by atoms with Crippen LogP contribution in [0.2, 0.25) is 0 Å². The molecular weight excluding hydrogens is 279 g/mol. The highest BCUT2D eigenvalue weighted by Gasteiger charge is 2.43. The van der Waals surface area contributed by atoms with Gasteiger partial charge < -0.3 is 5.11 Å². The SMILES string of the molecule is OC(c1cc(F)cc(F)c1)C1CCCC(C(F)(F)F)C1. The molecule has 2 rings (SSSR count). The van der Waals surface area contributed by atoms with Gasteiger partial charge in [-0.05, 0) is 42.9 Å². The van der Waals surface area contributed by atoms with E-state index in [9.17, 15) is 27.1 Å². The lowest BCUT2D eigenvalue weighted by Crippen LogP contribution is -2.31. The Hall–Kier alpha value is -1.17. The molecule has 0 amide bonds. The van der Waals surface area contributed by atoms with Crippen molar-refractivity contribution in [1.82, 2.24) is 0 Å². The van der Waals surface area contributed by atoms with E-state index in [0.717, 1.165) is 12.1 Å². The first kappa shape index (κ1) is 15.2. The topological polar surface area (TPSA) is 20.2 Å². The van der Waals surface area contributed by atoms with Crippen LogP contribution >= 0.6 is 0 Å². The zero-order chi connectivity index (χ0) is 14.9. The van der Waals surface area contributed by atoms with Crippen LogP contribution in [0.25, 0.3) is 0 Å². The minimum absolute atomic E-state index is 0.00433. The summed E-state index contributed by atoms with van der Waals surface area (Å²) < 4.78 is 64.3. The zero-order valence-corrected chi connectivity index (χ0v) is 10.6. The number of aliphatic hydroxyl groups excluding tert-OH is 1. The van der Waals surface area contributed by atoms with Gasteiger partial charge in [0.2, 0.25) is 0 Å².